The summed E-state index contributed by atoms with van der Waals surface area (Å²) >= 11 is 0. The third-order valence-electron chi connectivity index (χ3n) is 2.85. The molecule has 1 saturated heterocycles. The molecule has 1 heterocycles. The number of hydrogen-bond donors (Lipinski definition) is 4. The molecule has 1 amide bonds. The van der Waals surface area contributed by atoms with Crippen molar-refractivity contribution in [2.24, 2.45) is 0 Å². The lowest BCUT2D eigenvalue weighted by molar-refractivity contribution is 0.0932. The average Bonchev–Trinajstić information content (AvgIpc) is 2.73. The van der Waals surface area contributed by atoms with E-state index in [9.17, 15) is 13.2 Å². The van der Waals surface area contributed by atoms with Crippen molar-refractivity contribution < 1.29 is 13.2 Å². The monoisotopic (exact) mass is 298 g/mol. The lowest BCUT2D eigenvalue weighted by Crippen LogP contribution is -2.44. The molecule has 0 aliphatic carbocycles. The molecular weight excluding hydrogens is 280 g/mol. The largest absolute Gasteiger partial charge is 0.335 e. The third kappa shape index (κ3) is 4.19. The molecule has 0 spiro atoms. The van der Waals surface area contributed by atoms with E-state index in [1.807, 2.05) is 6.92 Å². The van der Waals surface area contributed by atoms with Crippen LogP contribution in [0.2, 0.25) is 0 Å². The van der Waals surface area contributed by atoms with Crippen LogP contribution >= 0.6 is 0 Å². The number of carbonyl (C=O) groups is 1. The molecule has 2 rings (SSSR count). The lowest BCUT2D eigenvalue weighted by atomic mass is 10.2. The van der Waals surface area contributed by atoms with Crippen molar-refractivity contribution in [1.29, 1.82) is 0 Å². The summed E-state index contributed by atoms with van der Waals surface area (Å²) in [7, 11) is -3.30. The Hall–Kier alpha value is -1.64. The highest BCUT2D eigenvalue weighted by atomic mass is 32.2. The molecule has 0 radical (unpaired) electrons. The Balaban J connectivity index is 1.97. The Kier molecular flexibility index (Phi) is 4.26. The van der Waals surface area contributed by atoms with Gasteiger partial charge < -0.3 is 5.32 Å². The molecule has 4 N–H and O–H groups in total. The zero-order valence-corrected chi connectivity index (χ0v) is 12.1. The van der Waals surface area contributed by atoms with Crippen LogP contribution in [0, 0.1) is 0 Å². The molecule has 1 aromatic rings. The van der Waals surface area contributed by atoms with Crippen molar-refractivity contribution in [1.82, 2.24) is 16.2 Å². The first kappa shape index (κ1) is 14.8. The van der Waals surface area contributed by atoms with Crippen molar-refractivity contribution in [2.75, 3.05) is 11.0 Å². The van der Waals surface area contributed by atoms with Crippen LogP contribution in [-0.2, 0) is 10.0 Å². The number of benzene rings is 1. The fraction of sp³-hybridized carbons (Fsp3) is 0.417. The van der Waals surface area contributed by atoms with Gasteiger partial charge in [0.1, 0.15) is 0 Å². The van der Waals surface area contributed by atoms with Crippen LogP contribution in [0.15, 0.2) is 24.3 Å². The van der Waals surface area contributed by atoms with Crippen LogP contribution in [0.4, 0.5) is 5.69 Å². The van der Waals surface area contributed by atoms with E-state index in [0.717, 1.165) is 12.7 Å². The fourth-order valence-corrected chi connectivity index (χ4v) is 2.52. The zero-order valence-electron chi connectivity index (χ0n) is 11.3. The van der Waals surface area contributed by atoms with Crippen LogP contribution in [0.3, 0.4) is 0 Å². The average molecular weight is 298 g/mol. The Morgan fingerprint density at radius 1 is 1.25 bits per heavy atom. The predicted octanol–water partition coefficient (Wildman–Crippen LogP) is 0.000400. The summed E-state index contributed by atoms with van der Waals surface area (Å²) in [5.74, 6) is -0.204. The van der Waals surface area contributed by atoms with Gasteiger partial charge in [-0.3, -0.25) is 14.9 Å². The Labute approximate surface area is 118 Å². The SMILES string of the molecule is CC1CC(NC(=O)c2ccc(NS(C)(=O)=O)cc2)NN1. The van der Waals surface area contributed by atoms with Gasteiger partial charge in [-0.05, 0) is 37.6 Å². The summed E-state index contributed by atoms with van der Waals surface area (Å²) in [5.41, 5.74) is 6.90. The van der Waals surface area contributed by atoms with Crippen molar-refractivity contribution >= 4 is 21.6 Å². The number of hydrogen-bond acceptors (Lipinski definition) is 5. The van der Waals surface area contributed by atoms with Gasteiger partial charge in [0.05, 0.1) is 12.4 Å². The minimum absolute atomic E-state index is 0.105. The second kappa shape index (κ2) is 5.78. The second-order valence-corrected chi connectivity index (χ2v) is 6.65. The van der Waals surface area contributed by atoms with Crippen molar-refractivity contribution in [3.05, 3.63) is 29.8 Å². The third-order valence-corrected chi connectivity index (χ3v) is 3.46. The summed E-state index contributed by atoms with van der Waals surface area (Å²) in [5, 5.41) is 2.84. The van der Waals surface area contributed by atoms with E-state index in [-0.39, 0.29) is 12.1 Å². The van der Waals surface area contributed by atoms with Gasteiger partial charge in [0, 0.05) is 17.3 Å². The standard InChI is InChI=1S/C12H18N4O3S/c1-8-7-11(15-14-8)13-12(17)9-3-5-10(6-4-9)16-20(2,18)19/h3-6,8,11,14-16H,7H2,1-2H3,(H,13,17). The maximum atomic E-state index is 12.0. The molecule has 1 fully saturated rings. The van der Waals surface area contributed by atoms with Gasteiger partial charge in [0.25, 0.3) is 5.91 Å². The van der Waals surface area contributed by atoms with Crippen molar-refractivity contribution in [3.8, 4) is 0 Å². The first-order chi connectivity index (χ1) is 9.33. The maximum Gasteiger partial charge on any atom is 0.252 e. The predicted molar refractivity (Wildman–Crippen MR) is 76.5 cm³/mol. The molecular formula is C12H18N4O3S. The summed E-state index contributed by atoms with van der Waals surface area (Å²) in [6.45, 7) is 2.02. The number of amides is 1. The molecule has 1 aliphatic rings. The molecule has 110 valence electrons. The van der Waals surface area contributed by atoms with E-state index < -0.39 is 10.0 Å². The quantitative estimate of drug-likeness (QED) is 0.627. The first-order valence-corrected chi connectivity index (χ1v) is 8.12. The first-order valence-electron chi connectivity index (χ1n) is 6.23. The zero-order chi connectivity index (χ0) is 14.8. The molecule has 7 nitrogen and oxygen atoms in total. The number of sulfonamides is 1. The molecule has 1 aliphatic heterocycles. The van der Waals surface area contributed by atoms with Gasteiger partial charge in [-0.25, -0.2) is 13.8 Å². The molecule has 1 aromatic carbocycles. The van der Waals surface area contributed by atoms with E-state index in [4.69, 9.17) is 0 Å². The van der Waals surface area contributed by atoms with Gasteiger partial charge in [0.15, 0.2) is 0 Å². The van der Waals surface area contributed by atoms with Crippen LogP contribution in [-0.4, -0.2) is 32.8 Å². The van der Waals surface area contributed by atoms with E-state index in [2.05, 4.69) is 20.9 Å². The van der Waals surface area contributed by atoms with E-state index >= 15 is 0 Å². The molecule has 8 heteroatoms. The van der Waals surface area contributed by atoms with Crippen LogP contribution in [0.1, 0.15) is 23.7 Å². The van der Waals surface area contributed by atoms with Gasteiger partial charge in [0.2, 0.25) is 10.0 Å². The number of carbonyl (C=O) groups excluding carboxylic acids is 1. The smallest absolute Gasteiger partial charge is 0.252 e. The van der Waals surface area contributed by atoms with Crippen LogP contribution < -0.4 is 20.9 Å². The minimum Gasteiger partial charge on any atom is -0.335 e. The van der Waals surface area contributed by atoms with Crippen LogP contribution in [0.5, 0.6) is 0 Å². The van der Waals surface area contributed by atoms with E-state index in [0.29, 0.717) is 17.3 Å². The number of nitrogens with one attached hydrogen (secondary N) is 4. The summed E-state index contributed by atoms with van der Waals surface area (Å²) in [4.78, 5) is 12.0. The topological polar surface area (TPSA) is 99.3 Å². The number of anilines is 1. The number of hydrazine groups is 1. The molecule has 2 atom stereocenters. The molecule has 0 aromatic heterocycles. The fourth-order valence-electron chi connectivity index (χ4n) is 1.95. The highest BCUT2D eigenvalue weighted by molar-refractivity contribution is 7.92. The lowest BCUT2D eigenvalue weighted by Gasteiger charge is -2.12. The van der Waals surface area contributed by atoms with Gasteiger partial charge in [-0.15, -0.1) is 0 Å². The minimum atomic E-state index is -3.30. The second-order valence-electron chi connectivity index (χ2n) is 4.90. The van der Waals surface area contributed by atoms with Gasteiger partial charge in [-0.2, -0.15) is 0 Å². The van der Waals surface area contributed by atoms with E-state index in [1.165, 1.54) is 0 Å². The van der Waals surface area contributed by atoms with E-state index in [1.54, 1.807) is 24.3 Å². The summed E-state index contributed by atoms with van der Waals surface area (Å²) in [6.07, 6.45) is 1.78. The van der Waals surface area contributed by atoms with Crippen molar-refractivity contribution in [2.45, 2.75) is 25.6 Å². The normalized spacial score (nSPS) is 22.5. The molecule has 0 bridgehead atoms. The molecule has 0 saturated carbocycles. The highest BCUT2D eigenvalue weighted by Crippen LogP contribution is 2.11. The number of rotatable bonds is 4. The van der Waals surface area contributed by atoms with Crippen molar-refractivity contribution in [3.63, 3.8) is 0 Å². The molecule has 2 unspecified atom stereocenters. The Bertz CT molecular complexity index is 585. The highest BCUT2D eigenvalue weighted by Gasteiger charge is 2.21. The molecule has 20 heavy (non-hydrogen) atoms. The van der Waals surface area contributed by atoms with Gasteiger partial charge in [-0.1, -0.05) is 0 Å². The summed E-state index contributed by atoms with van der Waals surface area (Å²) < 4.78 is 24.5. The van der Waals surface area contributed by atoms with Crippen LogP contribution in [0.25, 0.3) is 0 Å². The van der Waals surface area contributed by atoms with Gasteiger partial charge >= 0.3 is 0 Å². The Morgan fingerprint density at radius 3 is 2.40 bits per heavy atom. The maximum absolute atomic E-state index is 12.0. The Morgan fingerprint density at radius 2 is 1.90 bits per heavy atom. The summed E-state index contributed by atoms with van der Waals surface area (Å²) in [6, 6.07) is 6.57.